The summed E-state index contributed by atoms with van der Waals surface area (Å²) in [5, 5.41) is 22.4. The van der Waals surface area contributed by atoms with Gasteiger partial charge in [-0.1, -0.05) is 60.5 Å². The molecule has 2 unspecified atom stereocenters. The SMILES string of the molecule is CCC(O)(c1cc(C)c([C@](OC)(c2ccc(Cl)cc2)N(C=O)C(CC(=O)O)c2ccc(Cl)cc2)c(F)c1)C1(F)CCOCC1. The lowest BCUT2D eigenvalue weighted by atomic mass is 9.72. The van der Waals surface area contributed by atoms with E-state index in [9.17, 15) is 19.8 Å². The van der Waals surface area contributed by atoms with Crippen LogP contribution in [-0.2, 0) is 30.4 Å². The largest absolute Gasteiger partial charge is 0.481 e. The number of amides is 1. The summed E-state index contributed by atoms with van der Waals surface area (Å²) in [7, 11) is 1.28. The van der Waals surface area contributed by atoms with Crippen molar-refractivity contribution >= 4 is 35.6 Å². The molecule has 2 N–H and O–H groups in total. The van der Waals surface area contributed by atoms with Crippen LogP contribution in [0.4, 0.5) is 8.78 Å². The molecule has 3 atom stereocenters. The molecule has 0 aliphatic carbocycles. The van der Waals surface area contributed by atoms with E-state index in [-0.39, 0.29) is 54.7 Å². The number of aryl methyl sites for hydroxylation is 1. The Morgan fingerprint density at radius 3 is 2.14 bits per heavy atom. The summed E-state index contributed by atoms with van der Waals surface area (Å²) in [4.78, 5) is 26.4. The van der Waals surface area contributed by atoms with Gasteiger partial charge in [0, 0.05) is 54.3 Å². The minimum Gasteiger partial charge on any atom is -0.481 e. The maximum absolute atomic E-state index is 16.8. The number of carbonyl (C=O) groups is 2. The van der Waals surface area contributed by atoms with Gasteiger partial charge < -0.3 is 24.6 Å². The fourth-order valence-electron chi connectivity index (χ4n) is 6.32. The number of benzene rings is 3. The highest BCUT2D eigenvalue weighted by Crippen LogP contribution is 2.49. The summed E-state index contributed by atoms with van der Waals surface area (Å²) in [6.07, 6.45) is -0.313. The Morgan fingerprint density at radius 1 is 1.09 bits per heavy atom. The van der Waals surface area contributed by atoms with Crippen LogP contribution in [0.2, 0.25) is 10.0 Å². The van der Waals surface area contributed by atoms with E-state index in [4.69, 9.17) is 32.7 Å². The zero-order chi connectivity index (χ0) is 32.3. The average Bonchev–Trinajstić information content (AvgIpc) is 3.00. The van der Waals surface area contributed by atoms with Crippen LogP contribution in [0.15, 0.2) is 60.7 Å². The van der Waals surface area contributed by atoms with E-state index >= 15 is 8.78 Å². The van der Waals surface area contributed by atoms with Crippen LogP contribution in [-0.4, -0.2) is 53.5 Å². The van der Waals surface area contributed by atoms with Crippen molar-refractivity contribution in [3.63, 3.8) is 0 Å². The van der Waals surface area contributed by atoms with Crippen LogP contribution in [0.25, 0.3) is 0 Å². The zero-order valence-electron chi connectivity index (χ0n) is 24.7. The maximum atomic E-state index is 16.8. The van der Waals surface area contributed by atoms with Crippen LogP contribution in [0.3, 0.4) is 0 Å². The number of aliphatic carboxylic acids is 1. The van der Waals surface area contributed by atoms with Crippen molar-refractivity contribution in [3.8, 4) is 0 Å². The first kappa shape index (κ1) is 33.8. The van der Waals surface area contributed by atoms with Crippen molar-refractivity contribution < 1.29 is 38.1 Å². The number of halogens is 4. The summed E-state index contributed by atoms with van der Waals surface area (Å²) in [6.45, 7) is 3.42. The predicted octanol–water partition coefficient (Wildman–Crippen LogP) is 7.08. The third kappa shape index (κ3) is 6.08. The van der Waals surface area contributed by atoms with E-state index in [0.717, 1.165) is 11.0 Å². The Bertz CT molecular complexity index is 1460. The smallest absolute Gasteiger partial charge is 0.305 e. The van der Waals surface area contributed by atoms with Crippen LogP contribution < -0.4 is 0 Å². The Balaban J connectivity index is 2.01. The third-order valence-electron chi connectivity index (χ3n) is 8.61. The molecule has 0 saturated carbocycles. The van der Waals surface area contributed by atoms with Gasteiger partial charge in [0.25, 0.3) is 0 Å². The fourth-order valence-corrected chi connectivity index (χ4v) is 6.57. The van der Waals surface area contributed by atoms with Crippen molar-refractivity contribution in [3.05, 3.63) is 104 Å². The first-order valence-corrected chi connectivity index (χ1v) is 14.9. The highest BCUT2D eigenvalue weighted by Gasteiger charge is 2.53. The highest BCUT2D eigenvalue weighted by molar-refractivity contribution is 6.30. The molecular formula is C33H35Cl2F2NO6. The number of methoxy groups -OCH3 is 1. The lowest BCUT2D eigenvalue weighted by Gasteiger charge is -2.47. The number of aliphatic hydroxyl groups is 1. The second kappa shape index (κ2) is 13.5. The van der Waals surface area contributed by atoms with Gasteiger partial charge in [0.05, 0.1) is 12.5 Å². The highest BCUT2D eigenvalue weighted by atomic mass is 35.5. The molecule has 0 spiro atoms. The lowest BCUT2D eigenvalue weighted by molar-refractivity contribution is -0.161. The number of hydrogen-bond donors (Lipinski definition) is 2. The monoisotopic (exact) mass is 649 g/mol. The van der Waals surface area contributed by atoms with E-state index in [1.54, 1.807) is 50.2 Å². The molecule has 1 fully saturated rings. The molecule has 236 valence electrons. The van der Waals surface area contributed by atoms with E-state index in [2.05, 4.69) is 0 Å². The number of hydrogen-bond acceptors (Lipinski definition) is 5. The van der Waals surface area contributed by atoms with Crippen LogP contribution in [0.5, 0.6) is 0 Å². The van der Waals surface area contributed by atoms with E-state index in [1.807, 2.05) is 0 Å². The normalized spacial score (nSPS) is 18.1. The number of alkyl halides is 1. The van der Waals surface area contributed by atoms with Gasteiger partial charge in [-0.05, 0) is 60.4 Å². The van der Waals surface area contributed by atoms with Crippen molar-refractivity contribution in [2.45, 2.75) is 62.6 Å². The molecule has 1 amide bonds. The van der Waals surface area contributed by atoms with Gasteiger partial charge in [0.2, 0.25) is 6.41 Å². The Kier molecular flexibility index (Phi) is 10.4. The van der Waals surface area contributed by atoms with Crippen LogP contribution >= 0.6 is 23.2 Å². The first-order chi connectivity index (χ1) is 20.9. The summed E-state index contributed by atoms with van der Waals surface area (Å²) in [5.41, 5.74) is -5.31. The molecule has 1 saturated heterocycles. The molecule has 1 aliphatic heterocycles. The molecular weight excluding hydrogens is 615 g/mol. The molecule has 11 heteroatoms. The predicted molar refractivity (Wildman–Crippen MR) is 163 cm³/mol. The standard InChI is InChI=1S/C33H35Cl2F2NO6/c1-4-32(42,31(37)13-15-44-16-14-31)24-17-21(2)30(27(36)18-24)33(43-3,23-7-11-26(35)12-8-23)38(20-39)28(19-29(40)41)22-5-9-25(34)10-6-22/h5-12,17-18,20,28,42H,4,13-16,19H2,1-3H3,(H,40,41)/t28?,32?,33-/m1/s1. The van der Waals surface area contributed by atoms with E-state index in [1.165, 1.54) is 25.3 Å². The fraction of sp³-hybridized carbons (Fsp3) is 0.394. The second-order valence-electron chi connectivity index (χ2n) is 11.0. The molecule has 0 aromatic heterocycles. The van der Waals surface area contributed by atoms with Gasteiger partial charge in [-0.3, -0.25) is 9.59 Å². The van der Waals surface area contributed by atoms with Crippen molar-refractivity contribution in [1.29, 1.82) is 0 Å². The Hall–Kier alpha value is -3.08. The maximum Gasteiger partial charge on any atom is 0.305 e. The summed E-state index contributed by atoms with van der Waals surface area (Å²) in [5.74, 6) is -2.11. The lowest BCUT2D eigenvalue weighted by Crippen LogP contribution is -2.52. The molecule has 0 radical (unpaired) electrons. The van der Waals surface area contributed by atoms with E-state index < -0.39 is 41.2 Å². The quantitative estimate of drug-likeness (QED) is 0.161. The molecule has 7 nitrogen and oxygen atoms in total. The topological polar surface area (TPSA) is 96.3 Å². The molecule has 44 heavy (non-hydrogen) atoms. The van der Waals surface area contributed by atoms with Gasteiger partial charge in [-0.2, -0.15) is 0 Å². The number of carbonyl (C=O) groups excluding carboxylic acids is 1. The number of nitrogens with zero attached hydrogens (tertiary/aromatic N) is 1. The zero-order valence-corrected chi connectivity index (χ0v) is 26.2. The first-order valence-electron chi connectivity index (χ1n) is 14.2. The van der Waals surface area contributed by atoms with Crippen molar-refractivity contribution in [1.82, 2.24) is 4.90 Å². The molecule has 3 aromatic rings. The molecule has 0 bridgehead atoms. The van der Waals surface area contributed by atoms with Crippen LogP contribution in [0, 0.1) is 12.7 Å². The van der Waals surface area contributed by atoms with Gasteiger partial charge >= 0.3 is 5.97 Å². The van der Waals surface area contributed by atoms with E-state index in [0.29, 0.717) is 22.0 Å². The van der Waals surface area contributed by atoms with Gasteiger partial charge in [-0.15, -0.1) is 0 Å². The third-order valence-corrected chi connectivity index (χ3v) is 9.11. The van der Waals surface area contributed by atoms with Gasteiger partial charge in [0.1, 0.15) is 17.1 Å². The summed E-state index contributed by atoms with van der Waals surface area (Å²) in [6, 6.07) is 13.8. The molecule has 1 aliphatic rings. The summed E-state index contributed by atoms with van der Waals surface area (Å²) < 4.78 is 44.5. The van der Waals surface area contributed by atoms with Gasteiger partial charge in [0.15, 0.2) is 5.72 Å². The Morgan fingerprint density at radius 2 is 1.66 bits per heavy atom. The number of ether oxygens (including phenoxy) is 2. The molecule has 4 rings (SSSR count). The van der Waals surface area contributed by atoms with Crippen LogP contribution in [0.1, 0.15) is 66.5 Å². The number of carboxylic acids is 1. The Labute approximate surface area is 265 Å². The molecule has 3 aromatic carbocycles. The minimum absolute atomic E-state index is 0.0294. The van der Waals surface area contributed by atoms with Gasteiger partial charge in [-0.25, -0.2) is 8.78 Å². The minimum atomic E-state index is -2.06. The van der Waals surface area contributed by atoms with Crippen molar-refractivity contribution in [2.75, 3.05) is 20.3 Å². The average molecular weight is 651 g/mol. The van der Waals surface area contributed by atoms with Crippen molar-refractivity contribution in [2.24, 2.45) is 0 Å². The number of rotatable bonds is 12. The molecule has 1 heterocycles. The second-order valence-corrected chi connectivity index (χ2v) is 11.8. The summed E-state index contributed by atoms with van der Waals surface area (Å²) >= 11 is 12.3. The number of carboxylic acid groups (broad SMARTS) is 1.